The number of nitrogens with zero attached hydrogens (tertiary/aromatic N) is 4. The molecule has 0 atom stereocenters. The molecule has 31 heavy (non-hydrogen) atoms. The molecule has 0 aliphatic carbocycles. The molecule has 0 unspecified atom stereocenters. The van der Waals surface area contributed by atoms with E-state index in [2.05, 4.69) is 42.6 Å². The van der Waals surface area contributed by atoms with Gasteiger partial charge in [-0.15, -0.1) is 11.3 Å². The number of hydrogen-bond donors (Lipinski definition) is 3. The number of amides is 1. The fourth-order valence-corrected chi connectivity index (χ4v) is 4.99. The maximum absolute atomic E-state index is 12.9. The summed E-state index contributed by atoms with van der Waals surface area (Å²) in [6.45, 7) is 5.44. The van der Waals surface area contributed by atoms with Gasteiger partial charge in [-0.3, -0.25) is 9.89 Å². The number of aromatic nitrogens is 4. The summed E-state index contributed by atoms with van der Waals surface area (Å²) in [7, 11) is 0. The van der Waals surface area contributed by atoms with Gasteiger partial charge in [-0.05, 0) is 50.1 Å². The zero-order valence-corrected chi connectivity index (χ0v) is 18.2. The SMILES string of the molecule is CCCN1CCC(NC(=O)c2cc3c(Nc4ccc5cn[nH]c5c4)ncnc3s2)CC1. The lowest BCUT2D eigenvalue weighted by Crippen LogP contribution is -2.44. The zero-order valence-electron chi connectivity index (χ0n) is 17.4. The number of rotatable bonds is 6. The minimum absolute atomic E-state index is 0.0261. The Hall–Kier alpha value is -3.04. The van der Waals surface area contributed by atoms with Crippen LogP contribution in [0.1, 0.15) is 35.9 Å². The van der Waals surface area contributed by atoms with Crippen molar-refractivity contribution in [2.45, 2.75) is 32.2 Å². The molecule has 1 saturated heterocycles. The van der Waals surface area contributed by atoms with Crippen molar-refractivity contribution in [3.05, 3.63) is 41.7 Å². The van der Waals surface area contributed by atoms with Crippen LogP contribution in [-0.2, 0) is 0 Å². The Labute approximate surface area is 184 Å². The number of anilines is 2. The summed E-state index contributed by atoms with van der Waals surface area (Å²) >= 11 is 1.40. The van der Waals surface area contributed by atoms with E-state index in [-0.39, 0.29) is 11.9 Å². The minimum atomic E-state index is -0.0261. The number of fused-ring (bicyclic) bond motifs is 2. The predicted molar refractivity (Wildman–Crippen MR) is 124 cm³/mol. The summed E-state index contributed by atoms with van der Waals surface area (Å²) < 4.78 is 0. The van der Waals surface area contributed by atoms with Gasteiger partial charge in [0.25, 0.3) is 5.91 Å². The van der Waals surface area contributed by atoms with Gasteiger partial charge in [0.2, 0.25) is 0 Å². The second-order valence-corrected chi connectivity index (χ2v) is 8.97. The lowest BCUT2D eigenvalue weighted by molar-refractivity contribution is 0.0915. The van der Waals surface area contributed by atoms with Crippen LogP contribution in [0.15, 0.2) is 36.8 Å². The van der Waals surface area contributed by atoms with E-state index >= 15 is 0 Å². The van der Waals surface area contributed by atoms with Gasteiger partial charge < -0.3 is 15.5 Å². The van der Waals surface area contributed by atoms with Crippen molar-refractivity contribution in [1.29, 1.82) is 0 Å². The Bertz CT molecular complexity index is 1210. The number of aromatic amines is 1. The molecule has 9 heteroatoms. The second-order valence-electron chi connectivity index (χ2n) is 7.94. The second kappa shape index (κ2) is 8.60. The third kappa shape index (κ3) is 4.24. The molecule has 1 aliphatic heterocycles. The Kier molecular flexibility index (Phi) is 5.52. The van der Waals surface area contributed by atoms with Crippen LogP contribution in [0.25, 0.3) is 21.1 Å². The number of carbonyl (C=O) groups is 1. The van der Waals surface area contributed by atoms with Crippen molar-refractivity contribution in [3.63, 3.8) is 0 Å². The molecule has 1 aromatic carbocycles. The van der Waals surface area contributed by atoms with Gasteiger partial charge in [0.05, 0.1) is 22.0 Å². The van der Waals surface area contributed by atoms with Crippen molar-refractivity contribution in [3.8, 4) is 0 Å². The predicted octanol–water partition coefficient (Wildman–Crippen LogP) is 3.92. The maximum Gasteiger partial charge on any atom is 0.261 e. The van der Waals surface area contributed by atoms with Gasteiger partial charge in [-0.2, -0.15) is 5.10 Å². The zero-order chi connectivity index (χ0) is 21.2. The summed E-state index contributed by atoms with van der Waals surface area (Å²) in [5, 5.41) is 15.5. The van der Waals surface area contributed by atoms with Crippen LogP contribution in [0.2, 0.25) is 0 Å². The number of benzene rings is 1. The monoisotopic (exact) mass is 435 g/mol. The van der Waals surface area contributed by atoms with Crippen LogP contribution in [-0.4, -0.2) is 56.6 Å². The molecule has 1 fully saturated rings. The van der Waals surface area contributed by atoms with Gasteiger partial charge in [-0.25, -0.2) is 9.97 Å². The Morgan fingerprint density at radius 2 is 2.13 bits per heavy atom. The average Bonchev–Trinajstić information content (AvgIpc) is 3.42. The standard InChI is InChI=1S/C22H25N7OS/c1-2-7-29-8-5-15(6-9-29)27-21(30)19-11-17-20(23-13-24-22(17)31-19)26-16-4-3-14-12-25-28-18(14)10-16/h3-4,10-13,15H,2,5-9H2,1H3,(H,25,28)(H,27,30)(H,23,24,26). The fourth-order valence-electron chi connectivity index (χ4n) is 4.09. The molecule has 0 radical (unpaired) electrons. The normalized spacial score (nSPS) is 15.5. The van der Waals surface area contributed by atoms with E-state index in [4.69, 9.17) is 0 Å². The highest BCUT2D eigenvalue weighted by atomic mass is 32.1. The minimum Gasteiger partial charge on any atom is -0.349 e. The van der Waals surface area contributed by atoms with Crippen molar-refractivity contribution in [1.82, 2.24) is 30.4 Å². The highest BCUT2D eigenvalue weighted by molar-refractivity contribution is 7.20. The highest BCUT2D eigenvalue weighted by Gasteiger charge is 2.22. The molecule has 5 rings (SSSR count). The van der Waals surface area contributed by atoms with Crippen LogP contribution in [0.5, 0.6) is 0 Å². The van der Waals surface area contributed by atoms with Crippen molar-refractivity contribution < 1.29 is 4.79 Å². The van der Waals surface area contributed by atoms with Crippen LogP contribution in [0, 0.1) is 0 Å². The molecule has 0 spiro atoms. The maximum atomic E-state index is 12.9. The first-order valence-corrected chi connectivity index (χ1v) is 11.5. The van der Waals surface area contributed by atoms with E-state index in [1.54, 1.807) is 6.20 Å². The summed E-state index contributed by atoms with van der Waals surface area (Å²) in [5.41, 5.74) is 1.85. The first kappa shape index (κ1) is 19.9. The lowest BCUT2D eigenvalue weighted by Gasteiger charge is -2.31. The van der Waals surface area contributed by atoms with Gasteiger partial charge in [-0.1, -0.05) is 6.92 Å². The quantitative estimate of drug-likeness (QED) is 0.425. The fraction of sp³-hybridized carbons (Fsp3) is 0.364. The summed E-state index contributed by atoms with van der Waals surface area (Å²) in [4.78, 5) is 25.6. The highest BCUT2D eigenvalue weighted by Crippen LogP contribution is 2.30. The molecule has 0 bridgehead atoms. The van der Waals surface area contributed by atoms with Gasteiger partial charge in [0, 0.05) is 30.2 Å². The van der Waals surface area contributed by atoms with E-state index in [0.29, 0.717) is 10.7 Å². The number of H-pyrrole nitrogens is 1. The molecule has 4 aromatic rings. The molecule has 3 aromatic heterocycles. The molecule has 8 nitrogen and oxygen atoms in total. The number of likely N-dealkylation sites (tertiary alicyclic amines) is 1. The Morgan fingerprint density at radius 1 is 1.26 bits per heavy atom. The van der Waals surface area contributed by atoms with Crippen LogP contribution >= 0.6 is 11.3 Å². The average molecular weight is 436 g/mol. The van der Waals surface area contributed by atoms with Crippen LogP contribution in [0.3, 0.4) is 0 Å². The lowest BCUT2D eigenvalue weighted by atomic mass is 10.0. The van der Waals surface area contributed by atoms with Gasteiger partial charge in [0.15, 0.2) is 0 Å². The van der Waals surface area contributed by atoms with Crippen molar-refractivity contribution >= 4 is 49.9 Å². The number of thiophene rings is 1. The topological polar surface area (TPSA) is 98.8 Å². The molecule has 160 valence electrons. The first-order chi connectivity index (χ1) is 15.2. The molecular formula is C22H25N7OS. The van der Waals surface area contributed by atoms with E-state index in [0.717, 1.165) is 59.3 Å². The van der Waals surface area contributed by atoms with Crippen LogP contribution in [0.4, 0.5) is 11.5 Å². The van der Waals surface area contributed by atoms with E-state index in [9.17, 15) is 4.79 Å². The third-order valence-electron chi connectivity index (χ3n) is 5.72. The Morgan fingerprint density at radius 3 is 2.97 bits per heavy atom. The first-order valence-electron chi connectivity index (χ1n) is 10.7. The summed E-state index contributed by atoms with van der Waals surface area (Å²) in [6, 6.07) is 8.09. The summed E-state index contributed by atoms with van der Waals surface area (Å²) in [5.74, 6) is 0.661. The molecule has 4 heterocycles. The van der Waals surface area contributed by atoms with Gasteiger partial charge in [0.1, 0.15) is 17.0 Å². The van der Waals surface area contributed by atoms with E-state index < -0.39 is 0 Å². The Balaban J connectivity index is 1.31. The van der Waals surface area contributed by atoms with Crippen molar-refractivity contribution in [2.24, 2.45) is 0 Å². The largest absolute Gasteiger partial charge is 0.349 e. The molecular weight excluding hydrogens is 410 g/mol. The number of carbonyl (C=O) groups excluding carboxylic acids is 1. The number of piperidine rings is 1. The summed E-state index contributed by atoms with van der Waals surface area (Å²) in [6.07, 6.45) is 6.49. The van der Waals surface area contributed by atoms with E-state index in [1.165, 1.54) is 24.1 Å². The van der Waals surface area contributed by atoms with Crippen LogP contribution < -0.4 is 10.6 Å². The molecule has 1 aliphatic rings. The van der Waals surface area contributed by atoms with E-state index in [1.807, 2.05) is 24.3 Å². The van der Waals surface area contributed by atoms with Gasteiger partial charge >= 0.3 is 0 Å². The smallest absolute Gasteiger partial charge is 0.261 e. The third-order valence-corrected chi connectivity index (χ3v) is 6.76. The number of hydrogen-bond acceptors (Lipinski definition) is 7. The molecule has 3 N–H and O–H groups in total. The molecule has 1 amide bonds. The molecule has 0 saturated carbocycles. The number of nitrogens with one attached hydrogen (secondary N) is 3. The van der Waals surface area contributed by atoms with Crippen molar-refractivity contribution in [2.75, 3.05) is 25.0 Å².